The summed E-state index contributed by atoms with van der Waals surface area (Å²) in [7, 11) is 0. The number of hydrogen-bond acceptors (Lipinski definition) is 4. The molecule has 1 aromatic heterocycles. The third-order valence-corrected chi connectivity index (χ3v) is 2.90. The lowest BCUT2D eigenvalue weighted by atomic mass is 10.2. The second-order valence-corrected chi connectivity index (χ2v) is 4.38. The zero-order chi connectivity index (χ0) is 13.8. The minimum atomic E-state index is -0.250. The third kappa shape index (κ3) is 2.71. The van der Waals surface area contributed by atoms with E-state index in [1.165, 1.54) is 0 Å². The highest BCUT2D eigenvalue weighted by Gasteiger charge is 2.12. The molecule has 1 aliphatic rings. The van der Waals surface area contributed by atoms with Crippen molar-refractivity contribution < 1.29 is 14.3 Å². The van der Waals surface area contributed by atoms with Crippen LogP contribution in [0.2, 0.25) is 0 Å². The Hall–Kier alpha value is -2.56. The summed E-state index contributed by atoms with van der Waals surface area (Å²) in [6, 6.07) is 10.6. The molecule has 5 heteroatoms. The fraction of sp³-hybridized carbons (Fsp3) is 0.200. The lowest BCUT2D eigenvalue weighted by Gasteiger charge is -2.10. The van der Waals surface area contributed by atoms with Crippen molar-refractivity contribution in [1.29, 1.82) is 0 Å². The summed E-state index contributed by atoms with van der Waals surface area (Å²) in [5, 5.41) is 2.79. The van der Waals surface area contributed by atoms with Gasteiger partial charge < -0.3 is 14.8 Å². The number of ether oxygens (including phenoxy) is 2. The molecule has 102 valence electrons. The van der Waals surface area contributed by atoms with E-state index in [1.807, 2.05) is 0 Å². The van der Waals surface area contributed by atoms with Gasteiger partial charge in [-0.15, -0.1) is 0 Å². The number of carbonyl (C=O) groups is 1. The summed E-state index contributed by atoms with van der Waals surface area (Å²) in [6.45, 7) is 1.26. The van der Waals surface area contributed by atoms with E-state index in [0.717, 1.165) is 6.42 Å². The predicted octanol–water partition coefficient (Wildman–Crippen LogP) is 2.50. The second-order valence-electron chi connectivity index (χ2n) is 4.38. The molecule has 5 nitrogen and oxygen atoms in total. The first-order valence-corrected chi connectivity index (χ1v) is 6.45. The van der Waals surface area contributed by atoms with Crippen LogP contribution < -0.4 is 14.8 Å². The van der Waals surface area contributed by atoms with E-state index >= 15 is 0 Å². The number of rotatable bonds is 2. The highest BCUT2D eigenvalue weighted by atomic mass is 16.5. The molecule has 0 fully saturated rings. The summed E-state index contributed by atoms with van der Waals surface area (Å²) in [5.74, 6) is 1.11. The van der Waals surface area contributed by atoms with Crippen molar-refractivity contribution in [3.8, 4) is 11.5 Å². The van der Waals surface area contributed by atoms with Crippen LogP contribution in [0.4, 0.5) is 5.69 Å². The van der Waals surface area contributed by atoms with E-state index in [9.17, 15) is 4.79 Å². The molecule has 0 saturated heterocycles. The zero-order valence-electron chi connectivity index (χ0n) is 10.8. The molecule has 3 rings (SSSR count). The van der Waals surface area contributed by atoms with Crippen LogP contribution in [-0.4, -0.2) is 24.1 Å². The fourth-order valence-electron chi connectivity index (χ4n) is 1.93. The standard InChI is InChI=1S/C15H14N2O3/c18-15(12-4-1-2-7-16-12)17-11-5-6-13-14(10-11)20-9-3-8-19-13/h1-2,4-7,10H,3,8-9H2,(H,17,18). The second kappa shape index (κ2) is 5.61. The van der Waals surface area contributed by atoms with Crippen LogP contribution in [0.25, 0.3) is 0 Å². The average Bonchev–Trinajstić information content (AvgIpc) is 2.73. The van der Waals surface area contributed by atoms with Crippen LogP contribution >= 0.6 is 0 Å². The van der Waals surface area contributed by atoms with Crippen molar-refractivity contribution in [2.75, 3.05) is 18.5 Å². The monoisotopic (exact) mass is 270 g/mol. The van der Waals surface area contributed by atoms with Gasteiger partial charge in [-0.3, -0.25) is 9.78 Å². The number of aromatic nitrogens is 1. The molecule has 0 atom stereocenters. The van der Waals surface area contributed by atoms with Gasteiger partial charge in [0.25, 0.3) is 5.91 Å². The summed E-state index contributed by atoms with van der Waals surface area (Å²) >= 11 is 0. The molecule has 1 aliphatic heterocycles. The van der Waals surface area contributed by atoms with Crippen LogP contribution in [0.1, 0.15) is 16.9 Å². The maximum atomic E-state index is 12.0. The Bertz CT molecular complexity index is 614. The number of fused-ring (bicyclic) bond motifs is 1. The van der Waals surface area contributed by atoms with Crippen LogP contribution in [-0.2, 0) is 0 Å². The van der Waals surface area contributed by atoms with Crippen LogP contribution in [0.3, 0.4) is 0 Å². The molecule has 0 bridgehead atoms. The van der Waals surface area contributed by atoms with E-state index in [-0.39, 0.29) is 5.91 Å². The molecule has 0 saturated carbocycles. The number of carbonyl (C=O) groups excluding carboxylic acids is 1. The van der Waals surface area contributed by atoms with E-state index in [0.29, 0.717) is 36.1 Å². The number of benzene rings is 1. The largest absolute Gasteiger partial charge is 0.490 e. The van der Waals surface area contributed by atoms with Gasteiger partial charge in [-0.05, 0) is 24.3 Å². The first-order valence-electron chi connectivity index (χ1n) is 6.45. The molecular weight excluding hydrogens is 256 g/mol. The summed E-state index contributed by atoms with van der Waals surface area (Å²) in [6.07, 6.45) is 2.44. The average molecular weight is 270 g/mol. The molecule has 0 aliphatic carbocycles. The molecule has 0 radical (unpaired) electrons. The first kappa shape index (κ1) is 12.5. The quantitative estimate of drug-likeness (QED) is 0.910. The molecule has 0 spiro atoms. The Morgan fingerprint density at radius 2 is 1.95 bits per heavy atom. The van der Waals surface area contributed by atoms with Gasteiger partial charge in [-0.1, -0.05) is 6.07 Å². The normalized spacial score (nSPS) is 13.4. The predicted molar refractivity (Wildman–Crippen MR) is 74.2 cm³/mol. The SMILES string of the molecule is O=C(Nc1ccc2c(c1)OCCCO2)c1ccccn1. The maximum Gasteiger partial charge on any atom is 0.274 e. The van der Waals surface area contributed by atoms with Gasteiger partial charge in [0.15, 0.2) is 11.5 Å². The Morgan fingerprint density at radius 3 is 2.75 bits per heavy atom. The number of nitrogens with zero attached hydrogens (tertiary/aromatic N) is 1. The number of amides is 1. The highest BCUT2D eigenvalue weighted by molar-refractivity contribution is 6.02. The molecule has 1 aromatic carbocycles. The summed E-state index contributed by atoms with van der Waals surface area (Å²) < 4.78 is 11.1. The molecule has 2 aromatic rings. The summed E-state index contributed by atoms with van der Waals surface area (Å²) in [4.78, 5) is 16.0. The first-order chi connectivity index (χ1) is 9.83. The Labute approximate surface area is 116 Å². The van der Waals surface area contributed by atoms with Gasteiger partial charge in [0.1, 0.15) is 5.69 Å². The van der Waals surface area contributed by atoms with Crippen molar-refractivity contribution >= 4 is 11.6 Å². The fourth-order valence-corrected chi connectivity index (χ4v) is 1.93. The zero-order valence-corrected chi connectivity index (χ0v) is 10.8. The minimum Gasteiger partial charge on any atom is -0.490 e. The third-order valence-electron chi connectivity index (χ3n) is 2.90. The molecule has 0 unspecified atom stereocenters. The van der Waals surface area contributed by atoms with Gasteiger partial charge >= 0.3 is 0 Å². The van der Waals surface area contributed by atoms with E-state index in [1.54, 1.807) is 42.6 Å². The van der Waals surface area contributed by atoms with Gasteiger partial charge in [0.2, 0.25) is 0 Å². The number of hydrogen-bond donors (Lipinski definition) is 1. The highest BCUT2D eigenvalue weighted by Crippen LogP contribution is 2.32. The van der Waals surface area contributed by atoms with Crippen LogP contribution in [0, 0.1) is 0 Å². The lowest BCUT2D eigenvalue weighted by Crippen LogP contribution is -2.13. The van der Waals surface area contributed by atoms with Gasteiger partial charge in [-0.2, -0.15) is 0 Å². The van der Waals surface area contributed by atoms with Crippen LogP contribution in [0.5, 0.6) is 11.5 Å². The van der Waals surface area contributed by atoms with Crippen molar-refractivity contribution in [3.05, 3.63) is 48.3 Å². The lowest BCUT2D eigenvalue weighted by molar-refractivity contribution is 0.102. The van der Waals surface area contributed by atoms with Gasteiger partial charge in [-0.25, -0.2) is 0 Å². The Morgan fingerprint density at radius 1 is 1.10 bits per heavy atom. The smallest absolute Gasteiger partial charge is 0.274 e. The van der Waals surface area contributed by atoms with Crippen molar-refractivity contribution in [2.24, 2.45) is 0 Å². The molecule has 20 heavy (non-hydrogen) atoms. The number of anilines is 1. The molecule has 1 amide bonds. The maximum absolute atomic E-state index is 12.0. The van der Waals surface area contributed by atoms with Crippen LogP contribution in [0.15, 0.2) is 42.6 Å². The summed E-state index contributed by atoms with van der Waals surface area (Å²) in [5.41, 5.74) is 1.03. The van der Waals surface area contributed by atoms with Crippen molar-refractivity contribution in [2.45, 2.75) is 6.42 Å². The Kier molecular flexibility index (Phi) is 3.50. The van der Waals surface area contributed by atoms with E-state index in [4.69, 9.17) is 9.47 Å². The minimum absolute atomic E-state index is 0.250. The van der Waals surface area contributed by atoms with E-state index < -0.39 is 0 Å². The number of nitrogens with one attached hydrogen (secondary N) is 1. The van der Waals surface area contributed by atoms with E-state index in [2.05, 4.69) is 10.3 Å². The molecular formula is C15H14N2O3. The topological polar surface area (TPSA) is 60.5 Å². The van der Waals surface area contributed by atoms with Gasteiger partial charge in [0, 0.05) is 24.4 Å². The Balaban J connectivity index is 1.78. The molecule has 2 heterocycles. The van der Waals surface area contributed by atoms with Gasteiger partial charge in [0.05, 0.1) is 13.2 Å². The van der Waals surface area contributed by atoms with Crippen molar-refractivity contribution in [3.63, 3.8) is 0 Å². The van der Waals surface area contributed by atoms with Crippen molar-refractivity contribution in [1.82, 2.24) is 4.98 Å². The number of pyridine rings is 1. The molecule has 1 N–H and O–H groups in total.